The van der Waals surface area contributed by atoms with Crippen molar-refractivity contribution in [1.82, 2.24) is 15.2 Å². The van der Waals surface area contributed by atoms with Crippen LogP contribution in [0.2, 0.25) is 15.1 Å². The molecular formula is C24H26Cl3N4O2+. The van der Waals surface area contributed by atoms with Crippen LogP contribution in [0.15, 0.2) is 42.5 Å². The van der Waals surface area contributed by atoms with Crippen molar-refractivity contribution in [1.29, 1.82) is 0 Å². The topological polar surface area (TPSA) is 67.9 Å². The molecule has 1 aromatic heterocycles. The average molecular weight is 509 g/mol. The van der Waals surface area contributed by atoms with Gasteiger partial charge in [-0.25, -0.2) is 0 Å². The van der Waals surface area contributed by atoms with Crippen molar-refractivity contribution < 1.29 is 14.3 Å². The zero-order valence-electron chi connectivity index (χ0n) is 18.6. The Morgan fingerprint density at radius 1 is 0.970 bits per heavy atom. The predicted molar refractivity (Wildman–Crippen MR) is 131 cm³/mol. The van der Waals surface area contributed by atoms with Crippen molar-refractivity contribution >= 4 is 46.6 Å². The minimum atomic E-state index is -0.558. The lowest BCUT2D eigenvalue weighted by atomic mass is 10.1. The first-order valence-electron chi connectivity index (χ1n) is 10.9. The highest BCUT2D eigenvalue weighted by atomic mass is 35.5. The largest absolute Gasteiger partial charge is 0.310 e. The molecule has 2 aromatic carbocycles. The molecular weight excluding hydrogens is 483 g/mol. The number of unbranched alkanes of at least 4 members (excludes halogenated alkanes) is 4. The Bertz CT molecular complexity index is 1140. The van der Waals surface area contributed by atoms with Crippen LogP contribution in [0.4, 0.5) is 0 Å². The van der Waals surface area contributed by atoms with Crippen molar-refractivity contribution in [2.24, 2.45) is 0 Å². The van der Waals surface area contributed by atoms with Gasteiger partial charge in [0.2, 0.25) is 5.91 Å². The second-order valence-corrected chi connectivity index (χ2v) is 9.03. The lowest BCUT2D eigenvalue weighted by Gasteiger charge is -2.05. The standard InChI is InChI=1S/C24H25Cl3N4O2/c1-3-4-5-6-7-8-22(32)28-24(33)23-16(2)30(19-12-9-17(25)10-13-19)31(29-23)21-14-11-18(26)15-20(21)27/h9-15H,3-8H2,1-2H3/p+1. The molecule has 0 radical (unpaired) electrons. The molecule has 0 aliphatic rings. The molecule has 1 heterocycles. The summed E-state index contributed by atoms with van der Waals surface area (Å²) in [5, 5.41) is 8.38. The third kappa shape index (κ3) is 6.34. The average Bonchev–Trinajstić information content (AvgIpc) is 3.11. The van der Waals surface area contributed by atoms with Gasteiger partial charge in [0.15, 0.2) is 11.4 Å². The van der Waals surface area contributed by atoms with E-state index in [1.54, 1.807) is 54.1 Å². The highest BCUT2D eigenvalue weighted by Crippen LogP contribution is 2.24. The van der Waals surface area contributed by atoms with Gasteiger partial charge in [-0.2, -0.15) is 0 Å². The van der Waals surface area contributed by atoms with Crippen LogP contribution in [0, 0.1) is 6.92 Å². The van der Waals surface area contributed by atoms with Gasteiger partial charge in [-0.15, -0.1) is 4.68 Å². The Morgan fingerprint density at radius 2 is 1.64 bits per heavy atom. The van der Waals surface area contributed by atoms with Crippen LogP contribution in [0.1, 0.15) is 61.6 Å². The van der Waals surface area contributed by atoms with Crippen LogP contribution in [0.3, 0.4) is 0 Å². The van der Waals surface area contributed by atoms with E-state index in [1.165, 1.54) is 4.80 Å². The Balaban J connectivity index is 1.92. The fraction of sp³-hybridized carbons (Fsp3) is 0.333. The number of nitrogens with zero attached hydrogens (tertiary/aromatic N) is 3. The molecule has 0 saturated heterocycles. The number of amides is 2. The van der Waals surface area contributed by atoms with E-state index in [1.807, 2.05) is 0 Å². The molecule has 0 fully saturated rings. The smallest absolute Gasteiger partial charge is 0.289 e. The minimum Gasteiger partial charge on any atom is -0.289 e. The van der Waals surface area contributed by atoms with Gasteiger partial charge in [0, 0.05) is 23.4 Å². The normalized spacial score (nSPS) is 10.9. The van der Waals surface area contributed by atoms with Gasteiger partial charge in [-0.3, -0.25) is 14.9 Å². The summed E-state index contributed by atoms with van der Waals surface area (Å²) in [6.07, 6.45) is 5.39. The number of aromatic nitrogens is 3. The van der Waals surface area contributed by atoms with Gasteiger partial charge in [-0.1, -0.05) is 67.4 Å². The lowest BCUT2D eigenvalue weighted by molar-refractivity contribution is -0.685. The third-order valence-electron chi connectivity index (χ3n) is 5.22. The van der Waals surface area contributed by atoms with Crippen LogP contribution in [0.5, 0.6) is 0 Å². The number of rotatable bonds is 9. The van der Waals surface area contributed by atoms with Gasteiger partial charge < -0.3 is 0 Å². The Labute approximate surface area is 208 Å². The van der Waals surface area contributed by atoms with Crippen LogP contribution in [0.25, 0.3) is 11.4 Å². The van der Waals surface area contributed by atoms with E-state index in [-0.39, 0.29) is 11.6 Å². The number of hydrogen-bond acceptors (Lipinski definition) is 3. The minimum absolute atomic E-state index is 0.121. The highest BCUT2D eigenvalue weighted by molar-refractivity contribution is 6.35. The summed E-state index contributed by atoms with van der Waals surface area (Å²) in [5.74, 6) is -0.870. The van der Waals surface area contributed by atoms with Gasteiger partial charge in [0.1, 0.15) is 5.69 Å². The molecule has 0 aliphatic heterocycles. The van der Waals surface area contributed by atoms with Crippen LogP contribution >= 0.6 is 34.8 Å². The monoisotopic (exact) mass is 507 g/mol. The molecule has 0 unspecified atom stereocenters. The second-order valence-electron chi connectivity index (χ2n) is 7.75. The van der Waals surface area contributed by atoms with Crippen molar-refractivity contribution in [2.75, 3.05) is 0 Å². The predicted octanol–water partition coefficient (Wildman–Crippen LogP) is 6.03. The van der Waals surface area contributed by atoms with E-state index < -0.39 is 5.91 Å². The zero-order valence-corrected chi connectivity index (χ0v) is 20.8. The molecule has 0 spiro atoms. The SMILES string of the molecule is CCCCCCCC(=O)NC(=O)c1nn(-c2ccc(Cl)cc2Cl)[n+](-c2ccc(Cl)cc2)c1C. The Hall–Kier alpha value is -2.41. The van der Waals surface area contributed by atoms with Crippen molar-refractivity contribution in [2.45, 2.75) is 52.4 Å². The summed E-state index contributed by atoms with van der Waals surface area (Å²) >= 11 is 18.5. The van der Waals surface area contributed by atoms with Gasteiger partial charge in [0.05, 0.1) is 10.1 Å². The van der Waals surface area contributed by atoms with Crippen molar-refractivity contribution in [3.63, 3.8) is 0 Å². The third-order valence-corrected chi connectivity index (χ3v) is 6.01. The Morgan fingerprint density at radius 3 is 2.30 bits per heavy atom. The summed E-state index contributed by atoms with van der Waals surface area (Å²) in [4.78, 5) is 26.8. The molecule has 3 rings (SSSR count). The van der Waals surface area contributed by atoms with Crippen LogP contribution < -0.4 is 10.00 Å². The lowest BCUT2D eigenvalue weighted by Crippen LogP contribution is -2.43. The molecule has 0 aliphatic carbocycles. The molecule has 3 aromatic rings. The first-order valence-corrected chi connectivity index (χ1v) is 12.0. The zero-order chi connectivity index (χ0) is 24.0. The molecule has 1 N–H and O–H groups in total. The maximum absolute atomic E-state index is 12.9. The highest BCUT2D eigenvalue weighted by Gasteiger charge is 2.32. The number of hydrogen-bond donors (Lipinski definition) is 1. The van der Waals surface area contributed by atoms with Gasteiger partial charge in [-0.05, 0) is 53.7 Å². The van der Waals surface area contributed by atoms with Crippen molar-refractivity contribution in [3.8, 4) is 11.4 Å². The quantitative estimate of drug-likeness (QED) is 0.283. The molecule has 33 heavy (non-hydrogen) atoms. The molecule has 6 nitrogen and oxygen atoms in total. The molecule has 0 bridgehead atoms. The van der Waals surface area contributed by atoms with Gasteiger partial charge >= 0.3 is 11.6 Å². The fourth-order valence-corrected chi connectivity index (χ4v) is 4.10. The van der Waals surface area contributed by atoms with E-state index in [0.717, 1.165) is 37.8 Å². The molecule has 0 saturated carbocycles. The summed E-state index contributed by atoms with van der Waals surface area (Å²) in [6.45, 7) is 3.90. The van der Waals surface area contributed by atoms with Crippen LogP contribution in [-0.4, -0.2) is 21.7 Å². The number of imide groups is 1. The van der Waals surface area contributed by atoms with E-state index in [4.69, 9.17) is 34.8 Å². The molecule has 2 amide bonds. The maximum atomic E-state index is 12.9. The fourth-order valence-electron chi connectivity index (χ4n) is 3.49. The number of carbonyl (C=O) groups is 2. The van der Waals surface area contributed by atoms with E-state index in [9.17, 15) is 9.59 Å². The van der Waals surface area contributed by atoms with E-state index >= 15 is 0 Å². The Kier molecular flexibility index (Phi) is 8.89. The second kappa shape index (κ2) is 11.6. The van der Waals surface area contributed by atoms with Crippen molar-refractivity contribution in [3.05, 3.63) is 68.9 Å². The summed E-state index contributed by atoms with van der Waals surface area (Å²) in [6, 6.07) is 12.1. The number of nitrogens with one attached hydrogen (secondary N) is 1. The molecule has 174 valence electrons. The molecule has 0 atom stereocenters. The number of benzene rings is 2. The van der Waals surface area contributed by atoms with E-state index in [0.29, 0.717) is 32.9 Å². The first-order chi connectivity index (χ1) is 15.8. The summed E-state index contributed by atoms with van der Waals surface area (Å²) in [7, 11) is 0. The molecule has 9 heteroatoms. The number of halogens is 3. The summed E-state index contributed by atoms with van der Waals surface area (Å²) < 4.78 is 1.73. The number of carbonyl (C=O) groups excluding carboxylic acids is 2. The maximum Gasteiger partial charge on any atom is 0.310 e. The van der Waals surface area contributed by atoms with Crippen LogP contribution in [-0.2, 0) is 4.79 Å². The van der Waals surface area contributed by atoms with E-state index in [2.05, 4.69) is 17.3 Å². The van der Waals surface area contributed by atoms with Gasteiger partial charge in [0.25, 0.3) is 0 Å². The first kappa shape index (κ1) is 25.2. The summed E-state index contributed by atoms with van der Waals surface area (Å²) in [5.41, 5.74) is 1.91.